The van der Waals surface area contributed by atoms with Crippen molar-refractivity contribution in [1.82, 2.24) is 4.37 Å². The van der Waals surface area contributed by atoms with Crippen LogP contribution in [0.3, 0.4) is 0 Å². The molecule has 1 aromatic heterocycles. The Labute approximate surface area is 95.1 Å². The zero-order valence-electron chi connectivity index (χ0n) is 9.70. The zero-order chi connectivity index (χ0) is 11.3. The molecule has 1 aromatic carbocycles. The van der Waals surface area contributed by atoms with Crippen molar-refractivity contribution in [3.8, 4) is 5.75 Å². The van der Waals surface area contributed by atoms with E-state index in [1.165, 1.54) is 22.7 Å². The van der Waals surface area contributed by atoms with E-state index in [2.05, 4.69) is 24.3 Å². The molecule has 0 fully saturated rings. The summed E-state index contributed by atoms with van der Waals surface area (Å²) in [7, 11) is 1.69. The molecule has 0 aliphatic rings. The van der Waals surface area contributed by atoms with Crippen LogP contribution in [0.4, 0.5) is 0 Å². The lowest BCUT2D eigenvalue weighted by Crippen LogP contribution is -1.83. The van der Waals surface area contributed by atoms with Gasteiger partial charge in [0.2, 0.25) is 0 Å². The van der Waals surface area contributed by atoms with Crippen LogP contribution in [0.15, 0.2) is 18.2 Å². The summed E-state index contributed by atoms with van der Waals surface area (Å²) in [6.07, 6.45) is 1.25. The number of ether oxygens (including phenoxy) is 1. The fraction of sp³-hybridized carbons (Fsp3) is 0.417. The largest absolute Gasteiger partial charge is 0.496 e. The maximum atomic E-state index is 5.23. The Morgan fingerprint density at radius 3 is 2.60 bits per heavy atom. The van der Waals surface area contributed by atoms with Crippen LogP contribution >= 0.6 is 11.5 Å². The van der Waals surface area contributed by atoms with Gasteiger partial charge in [-0.3, -0.25) is 0 Å². The van der Waals surface area contributed by atoms with Gasteiger partial charge in [-0.05, 0) is 30.6 Å². The second kappa shape index (κ2) is 5.71. The minimum absolute atomic E-state index is 0.916. The topological polar surface area (TPSA) is 22.1 Å². The highest BCUT2D eigenvalue weighted by Gasteiger charge is 2.06. The van der Waals surface area contributed by atoms with Crippen molar-refractivity contribution in [2.75, 3.05) is 7.11 Å². The number of methoxy groups -OCH3 is 1. The summed E-state index contributed by atoms with van der Waals surface area (Å²) in [4.78, 5) is 0. The fourth-order valence-corrected chi connectivity index (χ4v) is 2.08. The lowest BCUT2D eigenvalue weighted by Gasteiger charge is -2.00. The van der Waals surface area contributed by atoms with E-state index in [4.69, 9.17) is 4.74 Å². The first-order valence-electron chi connectivity index (χ1n) is 5.13. The Balaban J connectivity index is 0.000000337. The van der Waals surface area contributed by atoms with Crippen molar-refractivity contribution in [2.45, 2.75) is 27.2 Å². The van der Waals surface area contributed by atoms with Crippen LogP contribution < -0.4 is 4.74 Å². The summed E-state index contributed by atoms with van der Waals surface area (Å²) in [6.45, 7) is 6.25. The average Bonchev–Trinajstić information content (AvgIpc) is 2.62. The molecule has 2 rings (SSSR count). The van der Waals surface area contributed by atoms with E-state index in [1.54, 1.807) is 7.11 Å². The van der Waals surface area contributed by atoms with Crippen LogP contribution in [0, 0.1) is 6.92 Å². The number of aryl methyl sites for hydroxylation is 1. The monoisotopic (exact) mass is 223 g/mol. The molecule has 0 amide bonds. The van der Waals surface area contributed by atoms with Gasteiger partial charge in [0.1, 0.15) is 5.75 Å². The summed E-state index contributed by atoms with van der Waals surface area (Å²) in [5.74, 6) is 0.916. The molecule has 0 saturated heterocycles. The molecule has 2 nitrogen and oxygen atoms in total. The molecule has 0 radical (unpaired) electrons. The molecule has 0 aliphatic heterocycles. The normalized spacial score (nSPS) is 9.60. The molecule has 1 heterocycles. The summed E-state index contributed by atoms with van der Waals surface area (Å²) in [5.41, 5.74) is 1.05. The summed E-state index contributed by atoms with van der Waals surface area (Å²) in [5, 5.41) is 1.14. The molecule has 2 aromatic rings. The highest BCUT2D eigenvalue weighted by atomic mass is 32.1. The summed E-state index contributed by atoms with van der Waals surface area (Å²) >= 11 is 1.51. The maximum Gasteiger partial charge on any atom is 0.129 e. The van der Waals surface area contributed by atoms with Gasteiger partial charge >= 0.3 is 0 Å². The van der Waals surface area contributed by atoms with Gasteiger partial charge in [-0.1, -0.05) is 26.3 Å². The Kier molecular flexibility index (Phi) is 4.56. The fourth-order valence-electron chi connectivity index (χ4n) is 1.28. The Hall–Kier alpha value is -1.09. The minimum Gasteiger partial charge on any atom is -0.496 e. The Morgan fingerprint density at radius 1 is 1.33 bits per heavy atom. The van der Waals surface area contributed by atoms with Gasteiger partial charge in [-0.25, -0.2) is 0 Å². The minimum atomic E-state index is 0.916. The molecular formula is C12H17NOS. The first kappa shape index (κ1) is 12.0. The van der Waals surface area contributed by atoms with E-state index < -0.39 is 0 Å². The molecule has 0 atom stereocenters. The van der Waals surface area contributed by atoms with Crippen molar-refractivity contribution in [2.24, 2.45) is 0 Å². The maximum absolute atomic E-state index is 5.23. The first-order chi connectivity index (χ1) is 7.24. The van der Waals surface area contributed by atoms with Crippen LogP contribution in [0.2, 0.25) is 0 Å². The van der Waals surface area contributed by atoms with E-state index in [9.17, 15) is 0 Å². The quantitative estimate of drug-likeness (QED) is 0.728. The zero-order valence-corrected chi connectivity index (χ0v) is 10.5. The van der Waals surface area contributed by atoms with Crippen LogP contribution in [0.25, 0.3) is 10.1 Å². The third kappa shape index (κ3) is 2.69. The number of benzene rings is 1. The second-order valence-corrected chi connectivity index (χ2v) is 4.11. The third-order valence-corrected chi connectivity index (χ3v) is 2.75. The molecule has 0 bridgehead atoms. The molecule has 3 heteroatoms. The molecule has 82 valence electrons. The molecule has 0 saturated carbocycles. The first-order valence-corrected chi connectivity index (χ1v) is 5.90. The van der Waals surface area contributed by atoms with Crippen molar-refractivity contribution >= 4 is 21.6 Å². The van der Waals surface area contributed by atoms with Crippen molar-refractivity contribution in [1.29, 1.82) is 0 Å². The number of nitrogens with zero attached hydrogens (tertiary/aromatic N) is 1. The number of aromatic nitrogens is 1. The number of hydrogen-bond donors (Lipinski definition) is 0. The van der Waals surface area contributed by atoms with E-state index >= 15 is 0 Å². The van der Waals surface area contributed by atoms with Gasteiger partial charge in [-0.2, -0.15) is 4.37 Å². The standard InChI is InChI=1S/C9H9NOS.C3H8/c1-6-9-7(11-2)4-3-5-8(9)12-10-6;1-3-2/h3-5H,1-2H3;3H2,1-2H3. The van der Waals surface area contributed by atoms with Crippen molar-refractivity contribution < 1.29 is 4.74 Å². The lowest BCUT2D eigenvalue weighted by molar-refractivity contribution is 0.419. The molecule has 0 unspecified atom stereocenters. The third-order valence-electron chi connectivity index (χ3n) is 1.85. The van der Waals surface area contributed by atoms with Crippen LogP contribution in [0.5, 0.6) is 5.75 Å². The van der Waals surface area contributed by atoms with Gasteiger partial charge in [0.25, 0.3) is 0 Å². The van der Waals surface area contributed by atoms with Gasteiger partial charge in [0.15, 0.2) is 0 Å². The number of hydrogen-bond acceptors (Lipinski definition) is 3. The molecule has 0 N–H and O–H groups in total. The number of fused-ring (bicyclic) bond motifs is 1. The lowest BCUT2D eigenvalue weighted by atomic mass is 10.2. The summed E-state index contributed by atoms with van der Waals surface area (Å²) < 4.78 is 10.7. The van der Waals surface area contributed by atoms with Gasteiger partial charge < -0.3 is 4.74 Å². The van der Waals surface area contributed by atoms with Crippen LogP contribution in [0.1, 0.15) is 26.0 Å². The van der Waals surface area contributed by atoms with E-state index in [1.807, 2.05) is 19.1 Å². The molecule has 0 aliphatic carbocycles. The van der Waals surface area contributed by atoms with E-state index in [-0.39, 0.29) is 0 Å². The van der Waals surface area contributed by atoms with Crippen LogP contribution in [-0.2, 0) is 0 Å². The van der Waals surface area contributed by atoms with E-state index in [0.717, 1.165) is 16.8 Å². The van der Waals surface area contributed by atoms with Gasteiger partial charge in [0, 0.05) is 0 Å². The predicted octanol–water partition coefficient (Wildman–Crippen LogP) is 4.03. The number of rotatable bonds is 1. The highest BCUT2D eigenvalue weighted by molar-refractivity contribution is 7.13. The molecular weight excluding hydrogens is 206 g/mol. The van der Waals surface area contributed by atoms with Gasteiger partial charge in [0.05, 0.1) is 22.9 Å². The predicted molar refractivity (Wildman–Crippen MR) is 66.9 cm³/mol. The smallest absolute Gasteiger partial charge is 0.129 e. The van der Waals surface area contributed by atoms with Crippen LogP contribution in [-0.4, -0.2) is 11.5 Å². The van der Waals surface area contributed by atoms with Crippen molar-refractivity contribution in [3.63, 3.8) is 0 Å². The van der Waals surface area contributed by atoms with E-state index in [0.29, 0.717) is 0 Å². The molecule has 0 spiro atoms. The SMILES string of the molecule is CCC.COc1cccc2snc(C)c12. The highest BCUT2D eigenvalue weighted by Crippen LogP contribution is 2.30. The molecule has 15 heavy (non-hydrogen) atoms. The second-order valence-electron chi connectivity index (χ2n) is 3.31. The average molecular weight is 223 g/mol. The van der Waals surface area contributed by atoms with Gasteiger partial charge in [-0.15, -0.1) is 0 Å². The summed E-state index contributed by atoms with van der Waals surface area (Å²) in [6, 6.07) is 6.00. The Morgan fingerprint density at radius 2 is 2.00 bits per heavy atom. The Bertz CT molecular complexity index is 422. The van der Waals surface area contributed by atoms with Crippen molar-refractivity contribution in [3.05, 3.63) is 23.9 Å².